The normalized spacial score (nSPS) is 31.4. The summed E-state index contributed by atoms with van der Waals surface area (Å²) < 4.78 is 38.7. The molecular formula is C23H29ClFN5O4. The number of anilines is 1. The van der Waals surface area contributed by atoms with Gasteiger partial charge in [-0.2, -0.15) is 15.0 Å². The number of aromatic nitrogens is 3. The van der Waals surface area contributed by atoms with E-state index < -0.39 is 5.82 Å². The van der Waals surface area contributed by atoms with E-state index in [4.69, 9.17) is 35.5 Å². The fraction of sp³-hybridized carbons (Fsp3) is 0.696. The predicted molar refractivity (Wildman–Crippen MR) is 123 cm³/mol. The summed E-state index contributed by atoms with van der Waals surface area (Å²) in [6.07, 6.45) is 2.57. The van der Waals surface area contributed by atoms with Gasteiger partial charge in [0.2, 0.25) is 5.88 Å². The predicted octanol–water partition coefficient (Wildman–Crippen LogP) is 2.68. The van der Waals surface area contributed by atoms with Gasteiger partial charge >= 0.3 is 6.01 Å². The van der Waals surface area contributed by atoms with Gasteiger partial charge in [0.25, 0.3) is 0 Å². The highest BCUT2D eigenvalue weighted by molar-refractivity contribution is 6.30. The van der Waals surface area contributed by atoms with Crippen molar-refractivity contribution >= 4 is 28.3 Å². The van der Waals surface area contributed by atoms with Crippen LogP contribution in [0.4, 0.5) is 10.2 Å². The van der Waals surface area contributed by atoms with Crippen molar-refractivity contribution in [1.82, 2.24) is 19.9 Å². The van der Waals surface area contributed by atoms with Gasteiger partial charge in [-0.3, -0.25) is 4.90 Å². The monoisotopic (exact) mass is 493 g/mol. The minimum absolute atomic E-state index is 0.00449. The number of ether oxygens (including phenoxy) is 4. The molecule has 0 spiro atoms. The highest BCUT2D eigenvalue weighted by Crippen LogP contribution is 2.41. The molecule has 4 aliphatic rings. The van der Waals surface area contributed by atoms with Crippen molar-refractivity contribution < 1.29 is 23.3 Å². The number of hydrogen-bond donors (Lipinski definition) is 0. The topological polar surface area (TPSA) is 82.1 Å². The average Bonchev–Trinajstić information content (AvgIpc) is 2.96. The molecule has 9 nitrogen and oxygen atoms in total. The van der Waals surface area contributed by atoms with E-state index in [1.165, 1.54) is 0 Å². The van der Waals surface area contributed by atoms with E-state index in [0.717, 1.165) is 45.6 Å². The summed E-state index contributed by atoms with van der Waals surface area (Å²) in [6.45, 7) is 7.12. The maximum Gasteiger partial charge on any atom is 0.319 e. The van der Waals surface area contributed by atoms with Crippen molar-refractivity contribution in [3.63, 3.8) is 0 Å². The molecule has 0 radical (unpaired) electrons. The van der Waals surface area contributed by atoms with Crippen molar-refractivity contribution in [2.24, 2.45) is 5.41 Å². The Kier molecular flexibility index (Phi) is 5.67. The number of likely N-dealkylation sites (N-methyl/N-ethyl adjacent to an activating group) is 1. The molecule has 0 N–H and O–H groups in total. The Hall–Kier alpha value is -2.01. The number of fused-ring (bicyclic) bond motifs is 2. The van der Waals surface area contributed by atoms with Gasteiger partial charge in [-0.05, 0) is 19.3 Å². The van der Waals surface area contributed by atoms with Crippen LogP contribution in [0, 0.1) is 11.2 Å². The Balaban J connectivity index is 1.33. The summed E-state index contributed by atoms with van der Waals surface area (Å²) in [6, 6.07) is 0.623. The summed E-state index contributed by atoms with van der Waals surface area (Å²) >= 11 is 6.12. The van der Waals surface area contributed by atoms with Gasteiger partial charge in [-0.15, -0.1) is 0 Å². The maximum absolute atomic E-state index is 15.1. The molecule has 0 aromatic carbocycles. The Bertz CT molecular complexity index is 1110. The summed E-state index contributed by atoms with van der Waals surface area (Å²) in [5.74, 6) is 0.0620. The molecule has 2 unspecified atom stereocenters. The molecule has 0 bridgehead atoms. The van der Waals surface area contributed by atoms with Gasteiger partial charge in [-0.25, -0.2) is 4.39 Å². The minimum atomic E-state index is -0.702. The van der Waals surface area contributed by atoms with Gasteiger partial charge in [0.1, 0.15) is 22.8 Å². The zero-order chi connectivity index (χ0) is 23.4. The smallest absolute Gasteiger partial charge is 0.319 e. The number of pyridine rings is 1. The first-order valence-corrected chi connectivity index (χ1v) is 12.3. The summed E-state index contributed by atoms with van der Waals surface area (Å²) in [4.78, 5) is 17.8. The van der Waals surface area contributed by atoms with Crippen molar-refractivity contribution in [2.45, 2.75) is 44.4 Å². The van der Waals surface area contributed by atoms with E-state index in [0.29, 0.717) is 37.1 Å². The quantitative estimate of drug-likeness (QED) is 0.599. The van der Waals surface area contributed by atoms with Crippen LogP contribution in [-0.4, -0.2) is 91.2 Å². The second-order valence-corrected chi connectivity index (χ2v) is 10.5. The lowest BCUT2D eigenvalue weighted by Gasteiger charge is -2.46. The van der Waals surface area contributed by atoms with E-state index in [1.807, 2.05) is 11.9 Å². The second-order valence-electron chi connectivity index (χ2n) is 10.1. The standard InChI is InChI=1S/C23H29ClFN5O4/c1-23(5-3-13-9-32-8-6-30(13)11-23)12-33-22-26-18-16-20(28-22)29(2)14-4-7-31-10-15(14)34-21(16)27-19(24)17(18)25/h13-15H,3-12H2,1-2H3/t13?,14-,15-,23?/m0/s1. The molecule has 3 saturated heterocycles. The van der Waals surface area contributed by atoms with Gasteiger partial charge in [0.05, 0.1) is 32.5 Å². The van der Waals surface area contributed by atoms with Crippen LogP contribution in [0.15, 0.2) is 0 Å². The fourth-order valence-electron chi connectivity index (χ4n) is 5.64. The molecule has 0 amide bonds. The molecule has 3 fully saturated rings. The Morgan fingerprint density at radius 3 is 2.91 bits per heavy atom. The Morgan fingerprint density at radius 2 is 2.03 bits per heavy atom. The molecule has 2 aromatic rings. The first kappa shape index (κ1) is 22.5. The highest BCUT2D eigenvalue weighted by atomic mass is 35.5. The van der Waals surface area contributed by atoms with Gasteiger partial charge in [-0.1, -0.05) is 18.5 Å². The molecule has 0 aliphatic carbocycles. The second kappa shape index (κ2) is 8.58. The highest BCUT2D eigenvalue weighted by Gasteiger charge is 2.40. The Labute approximate surface area is 202 Å². The van der Waals surface area contributed by atoms with E-state index in [-0.39, 0.29) is 40.1 Å². The van der Waals surface area contributed by atoms with Crippen LogP contribution >= 0.6 is 11.6 Å². The van der Waals surface area contributed by atoms with Gasteiger partial charge in [0.15, 0.2) is 11.0 Å². The third-order valence-electron chi connectivity index (χ3n) is 7.60. The number of rotatable bonds is 3. The number of hydrogen-bond acceptors (Lipinski definition) is 9. The van der Waals surface area contributed by atoms with Gasteiger partial charge < -0.3 is 23.8 Å². The van der Waals surface area contributed by atoms with E-state index in [2.05, 4.69) is 21.8 Å². The van der Waals surface area contributed by atoms with E-state index >= 15 is 4.39 Å². The minimum Gasteiger partial charge on any atom is -0.469 e. The van der Waals surface area contributed by atoms with Crippen LogP contribution in [0.3, 0.4) is 0 Å². The molecule has 2 aromatic heterocycles. The Morgan fingerprint density at radius 1 is 1.18 bits per heavy atom. The lowest BCUT2D eigenvalue weighted by atomic mass is 9.80. The maximum atomic E-state index is 15.1. The number of piperidine rings is 1. The summed E-state index contributed by atoms with van der Waals surface area (Å²) in [7, 11) is 1.93. The van der Waals surface area contributed by atoms with Crippen LogP contribution in [0.1, 0.15) is 26.2 Å². The molecule has 34 heavy (non-hydrogen) atoms. The van der Waals surface area contributed by atoms with Crippen molar-refractivity contribution in [3.8, 4) is 11.9 Å². The number of morpholine rings is 1. The van der Waals surface area contributed by atoms with Crippen LogP contribution in [0.2, 0.25) is 5.15 Å². The van der Waals surface area contributed by atoms with E-state index in [1.54, 1.807) is 0 Å². The third kappa shape index (κ3) is 3.84. The third-order valence-corrected chi connectivity index (χ3v) is 7.85. The molecule has 6 heterocycles. The first-order chi connectivity index (χ1) is 16.4. The molecule has 4 aliphatic heterocycles. The van der Waals surface area contributed by atoms with Crippen LogP contribution < -0.4 is 14.4 Å². The van der Waals surface area contributed by atoms with Crippen LogP contribution in [0.5, 0.6) is 11.9 Å². The van der Waals surface area contributed by atoms with Gasteiger partial charge in [0, 0.05) is 38.2 Å². The molecular weight excluding hydrogens is 465 g/mol. The average molecular weight is 494 g/mol. The molecule has 0 saturated carbocycles. The molecule has 11 heteroatoms. The van der Waals surface area contributed by atoms with Crippen molar-refractivity contribution in [2.75, 3.05) is 58.1 Å². The van der Waals surface area contributed by atoms with Crippen LogP contribution in [-0.2, 0) is 9.47 Å². The lowest BCUT2D eigenvalue weighted by molar-refractivity contribution is -0.0645. The zero-order valence-electron chi connectivity index (χ0n) is 19.4. The number of halogens is 2. The number of nitrogens with zero attached hydrogens (tertiary/aromatic N) is 5. The molecule has 6 rings (SSSR count). The van der Waals surface area contributed by atoms with Crippen LogP contribution in [0.25, 0.3) is 10.9 Å². The van der Waals surface area contributed by atoms with Crippen molar-refractivity contribution in [1.29, 1.82) is 0 Å². The SMILES string of the molecule is CN1c2nc(OCC3(C)CCC4COCCN4C3)nc3c(F)c(Cl)nc(c23)O[C@H]2COCC[C@@H]21. The first-order valence-electron chi connectivity index (χ1n) is 11.9. The van der Waals surface area contributed by atoms with E-state index in [9.17, 15) is 0 Å². The summed E-state index contributed by atoms with van der Waals surface area (Å²) in [5, 5.41) is 0.125. The largest absolute Gasteiger partial charge is 0.469 e. The lowest BCUT2D eigenvalue weighted by Crippen LogP contribution is -2.54. The molecule has 4 atom stereocenters. The summed E-state index contributed by atoms with van der Waals surface area (Å²) in [5.41, 5.74) is 0.00388. The fourth-order valence-corrected chi connectivity index (χ4v) is 5.81. The van der Waals surface area contributed by atoms with Crippen molar-refractivity contribution in [3.05, 3.63) is 11.0 Å². The zero-order valence-corrected chi connectivity index (χ0v) is 20.2. The molecule has 184 valence electrons.